The van der Waals surface area contributed by atoms with Gasteiger partial charge in [-0.2, -0.15) is 0 Å². The second kappa shape index (κ2) is 8.46. The highest BCUT2D eigenvalue weighted by atomic mass is 16.5. The van der Waals surface area contributed by atoms with Gasteiger partial charge < -0.3 is 19.1 Å². The summed E-state index contributed by atoms with van der Waals surface area (Å²) in [6.07, 6.45) is 1.77. The van der Waals surface area contributed by atoms with Crippen LogP contribution in [0.4, 0.5) is 0 Å². The summed E-state index contributed by atoms with van der Waals surface area (Å²) in [5, 5.41) is 11.2. The molecule has 5 nitrogen and oxygen atoms in total. The van der Waals surface area contributed by atoms with Crippen LogP contribution in [0.2, 0.25) is 0 Å². The number of methoxy groups -OCH3 is 2. The molecular weight excluding hydrogens is 340 g/mol. The molecule has 1 heterocycles. The summed E-state index contributed by atoms with van der Waals surface area (Å²) in [5.41, 5.74) is 3.60. The van der Waals surface area contributed by atoms with E-state index in [4.69, 9.17) is 9.47 Å². The van der Waals surface area contributed by atoms with Crippen molar-refractivity contribution in [2.24, 2.45) is 7.05 Å². The van der Waals surface area contributed by atoms with Crippen molar-refractivity contribution in [2.45, 2.75) is 26.1 Å². The third-order valence-corrected chi connectivity index (χ3v) is 4.75. The zero-order chi connectivity index (χ0) is 19.4. The van der Waals surface area contributed by atoms with E-state index < -0.39 is 6.10 Å². The molecule has 0 unspecified atom stereocenters. The van der Waals surface area contributed by atoms with Crippen LogP contribution in [0.1, 0.15) is 18.1 Å². The number of aryl methyl sites for hydroxylation is 1. The lowest BCUT2D eigenvalue weighted by molar-refractivity contribution is 0.118. The van der Waals surface area contributed by atoms with Crippen LogP contribution in [0.25, 0.3) is 10.9 Å². The smallest absolute Gasteiger partial charge is 0.161 e. The molecule has 1 N–H and O–H groups in total. The van der Waals surface area contributed by atoms with Gasteiger partial charge >= 0.3 is 0 Å². The fourth-order valence-electron chi connectivity index (χ4n) is 3.59. The summed E-state index contributed by atoms with van der Waals surface area (Å²) < 4.78 is 12.9. The van der Waals surface area contributed by atoms with E-state index in [1.54, 1.807) is 14.2 Å². The largest absolute Gasteiger partial charge is 0.493 e. The van der Waals surface area contributed by atoms with Crippen molar-refractivity contribution in [3.8, 4) is 11.5 Å². The first kappa shape index (κ1) is 19.3. The minimum Gasteiger partial charge on any atom is -0.493 e. The Morgan fingerprint density at radius 2 is 1.78 bits per heavy atom. The number of rotatable bonds is 8. The molecule has 0 aliphatic rings. The Labute approximate surface area is 160 Å². The van der Waals surface area contributed by atoms with Crippen LogP contribution in [0, 0.1) is 0 Å². The highest BCUT2D eigenvalue weighted by Gasteiger charge is 2.15. The molecule has 144 valence electrons. The highest BCUT2D eigenvalue weighted by Crippen LogP contribution is 2.29. The van der Waals surface area contributed by atoms with E-state index in [0.717, 1.165) is 23.6 Å². The molecule has 0 aliphatic heterocycles. The van der Waals surface area contributed by atoms with Crippen molar-refractivity contribution >= 4 is 10.9 Å². The SMILES string of the molecule is COc1ccc(CN(Cc2cn(C)c3ccccc23)C[C@H](C)O)cc1OC. The average molecular weight is 368 g/mol. The quantitative estimate of drug-likeness (QED) is 0.660. The molecule has 3 rings (SSSR count). The molecule has 0 fully saturated rings. The first-order valence-corrected chi connectivity index (χ1v) is 9.16. The van der Waals surface area contributed by atoms with Gasteiger partial charge in [0.2, 0.25) is 0 Å². The number of hydrogen-bond donors (Lipinski definition) is 1. The van der Waals surface area contributed by atoms with E-state index >= 15 is 0 Å². The second-order valence-electron chi connectivity index (χ2n) is 6.99. The third-order valence-electron chi connectivity index (χ3n) is 4.75. The van der Waals surface area contributed by atoms with Gasteiger partial charge in [0.1, 0.15) is 0 Å². The molecule has 1 atom stereocenters. The van der Waals surface area contributed by atoms with Gasteiger partial charge in [-0.3, -0.25) is 4.90 Å². The molecule has 2 aromatic carbocycles. The summed E-state index contributed by atoms with van der Waals surface area (Å²) in [6.45, 7) is 3.90. The number of para-hydroxylation sites is 1. The van der Waals surface area contributed by atoms with E-state index in [1.807, 2.05) is 25.1 Å². The Hall–Kier alpha value is -2.50. The van der Waals surface area contributed by atoms with Crippen LogP contribution in [0.3, 0.4) is 0 Å². The molecule has 0 saturated carbocycles. The van der Waals surface area contributed by atoms with Gasteiger partial charge in [-0.05, 0) is 36.2 Å². The van der Waals surface area contributed by atoms with Crippen LogP contribution < -0.4 is 9.47 Å². The van der Waals surface area contributed by atoms with Crippen molar-refractivity contribution < 1.29 is 14.6 Å². The molecule has 0 spiro atoms. The van der Waals surface area contributed by atoms with Gasteiger partial charge in [0.25, 0.3) is 0 Å². The lowest BCUT2D eigenvalue weighted by atomic mass is 10.1. The summed E-state index contributed by atoms with van der Waals surface area (Å²) in [7, 11) is 5.35. The Bertz CT molecular complexity index is 902. The Balaban J connectivity index is 1.86. The van der Waals surface area contributed by atoms with Crippen LogP contribution in [-0.2, 0) is 20.1 Å². The van der Waals surface area contributed by atoms with Crippen LogP contribution in [0.15, 0.2) is 48.7 Å². The third kappa shape index (κ3) is 4.43. The maximum absolute atomic E-state index is 9.99. The van der Waals surface area contributed by atoms with Crippen molar-refractivity contribution in [1.82, 2.24) is 9.47 Å². The van der Waals surface area contributed by atoms with E-state index in [2.05, 4.69) is 47.0 Å². The van der Waals surface area contributed by atoms with Gasteiger partial charge in [-0.25, -0.2) is 0 Å². The van der Waals surface area contributed by atoms with Gasteiger partial charge in [-0.1, -0.05) is 24.3 Å². The fraction of sp³-hybridized carbons (Fsp3) is 0.364. The summed E-state index contributed by atoms with van der Waals surface area (Å²) in [5.74, 6) is 1.44. The first-order valence-electron chi connectivity index (χ1n) is 9.16. The fourth-order valence-corrected chi connectivity index (χ4v) is 3.59. The van der Waals surface area contributed by atoms with E-state index in [0.29, 0.717) is 13.1 Å². The number of ether oxygens (including phenoxy) is 2. The van der Waals surface area contributed by atoms with Crippen molar-refractivity contribution in [1.29, 1.82) is 0 Å². The Morgan fingerprint density at radius 3 is 2.48 bits per heavy atom. The number of aromatic nitrogens is 1. The van der Waals surface area contributed by atoms with Gasteiger partial charge in [-0.15, -0.1) is 0 Å². The van der Waals surface area contributed by atoms with Crippen LogP contribution in [-0.4, -0.2) is 41.4 Å². The van der Waals surface area contributed by atoms with E-state index in [1.165, 1.54) is 16.5 Å². The van der Waals surface area contributed by atoms with Gasteiger partial charge in [0.05, 0.1) is 20.3 Å². The minimum absolute atomic E-state index is 0.403. The van der Waals surface area contributed by atoms with Crippen molar-refractivity contribution in [2.75, 3.05) is 20.8 Å². The number of fused-ring (bicyclic) bond motifs is 1. The zero-order valence-electron chi connectivity index (χ0n) is 16.5. The van der Waals surface area contributed by atoms with Crippen LogP contribution in [0.5, 0.6) is 11.5 Å². The number of hydrogen-bond acceptors (Lipinski definition) is 4. The minimum atomic E-state index is -0.403. The van der Waals surface area contributed by atoms with Gasteiger partial charge in [0.15, 0.2) is 11.5 Å². The molecule has 5 heteroatoms. The molecule has 3 aromatic rings. The Kier molecular flexibility index (Phi) is 6.04. The van der Waals surface area contributed by atoms with E-state index in [-0.39, 0.29) is 0 Å². The van der Waals surface area contributed by atoms with Gasteiger partial charge in [0, 0.05) is 43.8 Å². The lowest BCUT2D eigenvalue weighted by Gasteiger charge is -2.24. The molecule has 27 heavy (non-hydrogen) atoms. The van der Waals surface area contributed by atoms with Crippen molar-refractivity contribution in [3.05, 3.63) is 59.8 Å². The Morgan fingerprint density at radius 1 is 1.04 bits per heavy atom. The molecule has 0 bridgehead atoms. The maximum Gasteiger partial charge on any atom is 0.161 e. The standard InChI is InChI=1S/C22H28N2O3/c1-16(25)12-24(13-17-9-10-21(26-3)22(11-17)27-4)15-18-14-23(2)20-8-6-5-7-19(18)20/h5-11,14,16,25H,12-13,15H2,1-4H3/t16-/m0/s1. The number of aliphatic hydroxyl groups excluding tert-OH is 1. The summed E-state index contributed by atoms with van der Waals surface area (Å²) in [6, 6.07) is 14.4. The molecule has 0 radical (unpaired) electrons. The topological polar surface area (TPSA) is 46.9 Å². The predicted molar refractivity (Wildman–Crippen MR) is 108 cm³/mol. The first-order chi connectivity index (χ1) is 13.0. The lowest BCUT2D eigenvalue weighted by Crippen LogP contribution is -2.30. The number of benzene rings is 2. The maximum atomic E-state index is 9.99. The molecule has 0 saturated heterocycles. The molecule has 0 amide bonds. The highest BCUT2D eigenvalue weighted by molar-refractivity contribution is 5.83. The normalized spacial score (nSPS) is 12.5. The summed E-state index contributed by atoms with van der Waals surface area (Å²) in [4.78, 5) is 2.26. The zero-order valence-corrected chi connectivity index (χ0v) is 16.5. The number of nitrogens with zero attached hydrogens (tertiary/aromatic N) is 2. The molecular formula is C22H28N2O3. The van der Waals surface area contributed by atoms with Crippen molar-refractivity contribution in [3.63, 3.8) is 0 Å². The van der Waals surface area contributed by atoms with Crippen LogP contribution >= 0.6 is 0 Å². The second-order valence-corrected chi connectivity index (χ2v) is 6.99. The van der Waals surface area contributed by atoms with E-state index in [9.17, 15) is 5.11 Å². The molecule has 1 aromatic heterocycles. The monoisotopic (exact) mass is 368 g/mol. The molecule has 0 aliphatic carbocycles. The summed E-state index contributed by atoms with van der Waals surface area (Å²) >= 11 is 0. The average Bonchev–Trinajstić information content (AvgIpc) is 2.97. The predicted octanol–water partition coefficient (Wildman–Crippen LogP) is 3.58. The number of aliphatic hydroxyl groups is 1.